The van der Waals surface area contributed by atoms with Crippen LogP contribution in [-0.2, 0) is 25.6 Å². The van der Waals surface area contributed by atoms with E-state index in [9.17, 15) is 13.2 Å². The summed E-state index contributed by atoms with van der Waals surface area (Å²) in [4.78, 5) is 13.6. The number of hydrogen-bond acceptors (Lipinski definition) is 5. The van der Waals surface area contributed by atoms with Crippen molar-refractivity contribution in [1.82, 2.24) is 4.90 Å². The molecule has 0 bridgehead atoms. The third kappa shape index (κ3) is 4.57. The molecule has 1 amide bonds. The predicted octanol–water partition coefficient (Wildman–Crippen LogP) is 1.93. The summed E-state index contributed by atoms with van der Waals surface area (Å²) >= 11 is 0. The van der Waals surface area contributed by atoms with E-state index < -0.39 is 22.3 Å². The summed E-state index contributed by atoms with van der Waals surface area (Å²) in [6.45, 7) is 4.00. The van der Waals surface area contributed by atoms with Crippen LogP contribution in [0, 0.1) is 0 Å². The lowest BCUT2D eigenvalue weighted by Gasteiger charge is -2.21. The standard InChI is InChI=1S/C15H19NO5S/c1-3-13-9-14(21-22(2,18)19)10-16(13)15(17)20-11-12-7-5-4-6-8-12/h3-8,13-14H,1,9-11H2,2H3/t13-,14-/m1/s1. The molecule has 0 unspecified atom stereocenters. The first-order chi connectivity index (χ1) is 10.4. The number of nitrogens with zero attached hydrogens (tertiary/aromatic N) is 1. The van der Waals surface area contributed by atoms with E-state index in [1.54, 1.807) is 6.08 Å². The van der Waals surface area contributed by atoms with Crippen LogP contribution in [-0.4, -0.2) is 44.4 Å². The lowest BCUT2D eigenvalue weighted by Crippen LogP contribution is -2.35. The van der Waals surface area contributed by atoms with Gasteiger partial charge in [0.25, 0.3) is 10.1 Å². The molecule has 1 heterocycles. The Morgan fingerprint density at radius 2 is 2.09 bits per heavy atom. The van der Waals surface area contributed by atoms with Gasteiger partial charge < -0.3 is 4.74 Å². The smallest absolute Gasteiger partial charge is 0.410 e. The first-order valence-electron chi connectivity index (χ1n) is 6.87. The summed E-state index contributed by atoms with van der Waals surface area (Å²) in [6.07, 6.45) is 1.90. The van der Waals surface area contributed by atoms with Gasteiger partial charge in [-0.3, -0.25) is 9.08 Å². The highest BCUT2D eigenvalue weighted by atomic mass is 32.2. The van der Waals surface area contributed by atoms with E-state index >= 15 is 0 Å². The van der Waals surface area contributed by atoms with Crippen molar-refractivity contribution in [1.29, 1.82) is 0 Å². The molecule has 0 spiro atoms. The molecule has 1 aliphatic rings. The number of carbonyl (C=O) groups is 1. The van der Waals surface area contributed by atoms with Crippen LogP contribution in [0.15, 0.2) is 43.0 Å². The Labute approximate surface area is 130 Å². The first kappa shape index (κ1) is 16.5. The third-order valence-electron chi connectivity index (χ3n) is 3.33. The van der Waals surface area contributed by atoms with Crippen LogP contribution in [0.2, 0.25) is 0 Å². The van der Waals surface area contributed by atoms with Crippen molar-refractivity contribution in [3.63, 3.8) is 0 Å². The topological polar surface area (TPSA) is 72.9 Å². The molecular formula is C15H19NO5S. The summed E-state index contributed by atoms with van der Waals surface area (Å²) < 4.78 is 32.6. The van der Waals surface area contributed by atoms with Gasteiger partial charge in [-0.05, 0) is 5.56 Å². The fourth-order valence-corrected chi connectivity index (χ4v) is 3.01. The van der Waals surface area contributed by atoms with E-state index in [0.29, 0.717) is 6.42 Å². The van der Waals surface area contributed by atoms with Crippen LogP contribution in [0.5, 0.6) is 0 Å². The van der Waals surface area contributed by atoms with Crippen LogP contribution in [0.1, 0.15) is 12.0 Å². The molecule has 0 radical (unpaired) electrons. The van der Waals surface area contributed by atoms with E-state index in [1.807, 2.05) is 30.3 Å². The Morgan fingerprint density at radius 3 is 2.68 bits per heavy atom. The van der Waals surface area contributed by atoms with Crippen molar-refractivity contribution in [2.75, 3.05) is 12.8 Å². The average molecular weight is 325 g/mol. The molecule has 0 N–H and O–H groups in total. The zero-order valence-corrected chi connectivity index (χ0v) is 13.2. The van der Waals surface area contributed by atoms with Crippen molar-refractivity contribution in [3.8, 4) is 0 Å². The fourth-order valence-electron chi connectivity index (χ4n) is 2.38. The molecule has 1 aromatic carbocycles. The molecule has 0 aliphatic carbocycles. The van der Waals surface area contributed by atoms with Gasteiger partial charge in [0.1, 0.15) is 6.61 Å². The Balaban J connectivity index is 1.94. The van der Waals surface area contributed by atoms with Crippen LogP contribution in [0.4, 0.5) is 4.79 Å². The molecule has 2 atom stereocenters. The van der Waals surface area contributed by atoms with Gasteiger partial charge in [0.15, 0.2) is 0 Å². The molecule has 0 saturated carbocycles. The number of ether oxygens (including phenoxy) is 1. The Bertz CT molecular complexity index is 629. The van der Waals surface area contributed by atoms with Gasteiger partial charge in [-0.1, -0.05) is 36.4 Å². The van der Waals surface area contributed by atoms with E-state index in [1.165, 1.54) is 4.90 Å². The summed E-state index contributed by atoms with van der Waals surface area (Å²) in [7, 11) is -3.56. The summed E-state index contributed by atoms with van der Waals surface area (Å²) in [5, 5.41) is 0. The molecule has 1 fully saturated rings. The minimum absolute atomic E-state index is 0.164. The van der Waals surface area contributed by atoms with Crippen molar-refractivity contribution >= 4 is 16.2 Å². The van der Waals surface area contributed by atoms with Crippen LogP contribution in [0.3, 0.4) is 0 Å². The van der Waals surface area contributed by atoms with Gasteiger partial charge >= 0.3 is 6.09 Å². The van der Waals surface area contributed by atoms with Gasteiger partial charge in [-0.25, -0.2) is 4.79 Å². The van der Waals surface area contributed by atoms with Crippen LogP contribution >= 0.6 is 0 Å². The molecule has 1 aromatic rings. The monoisotopic (exact) mass is 325 g/mol. The van der Waals surface area contributed by atoms with Gasteiger partial charge in [0.05, 0.1) is 24.9 Å². The van der Waals surface area contributed by atoms with E-state index in [0.717, 1.165) is 11.8 Å². The SMILES string of the molecule is C=C[C@@H]1C[C@@H](OS(C)(=O)=O)CN1C(=O)OCc1ccccc1. The normalized spacial score (nSPS) is 21.6. The Hall–Kier alpha value is -1.86. The highest BCUT2D eigenvalue weighted by Gasteiger charge is 2.36. The fraction of sp³-hybridized carbons (Fsp3) is 0.400. The molecule has 2 rings (SSSR count). The minimum Gasteiger partial charge on any atom is -0.445 e. The lowest BCUT2D eigenvalue weighted by molar-refractivity contribution is 0.0938. The second kappa shape index (κ2) is 6.93. The maximum atomic E-state index is 12.2. The van der Waals surface area contributed by atoms with E-state index in [4.69, 9.17) is 8.92 Å². The molecule has 0 aromatic heterocycles. The zero-order valence-electron chi connectivity index (χ0n) is 12.3. The number of likely N-dealkylation sites (tertiary alicyclic amines) is 1. The van der Waals surface area contributed by atoms with Crippen LogP contribution in [0.25, 0.3) is 0 Å². The molecule has 1 aliphatic heterocycles. The van der Waals surface area contributed by atoms with Crippen LogP contribution < -0.4 is 0 Å². The first-order valence-corrected chi connectivity index (χ1v) is 8.69. The molecule has 1 saturated heterocycles. The van der Waals surface area contributed by atoms with Gasteiger partial charge in [-0.2, -0.15) is 8.42 Å². The molecule has 7 heteroatoms. The Kier molecular flexibility index (Phi) is 5.20. The highest BCUT2D eigenvalue weighted by Crippen LogP contribution is 2.23. The van der Waals surface area contributed by atoms with Crippen molar-refractivity contribution in [2.24, 2.45) is 0 Å². The zero-order chi connectivity index (χ0) is 16.2. The Morgan fingerprint density at radius 1 is 1.41 bits per heavy atom. The molecule has 22 heavy (non-hydrogen) atoms. The van der Waals surface area contributed by atoms with Crippen molar-refractivity contribution in [2.45, 2.75) is 25.2 Å². The number of carbonyl (C=O) groups excluding carboxylic acids is 1. The number of benzene rings is 1. The molecular weight excluding hydrogens is 306 g/mol. The number of rotatable bonds is 5. The lowest BCUT2D eigenvalue weighted by atomic mass is 10.2. The maximum absolute atomic E-state index is 12.2. The van der Waals surface area contributed by atoms with Crippen molar-refractivity contribution < 1.29 is 22.1 Å². The van der Waals surface area contributed by atoms with E-state index in [2.05, 4.69) is 6.58 Å². The molecule has 120 valence electrons. The quantitative estimate of drug-likeness (QED) is 0.611. The second-order valence-corrected chi connectivity index (χ2v) is 6.75. The average Bonchev–Trinajstić information content (AvgIpc) is 2.86. The summed E-state index contributed by atoms with van der Waals surface area (Å²) in [5.74, 6) is 0. The highest BCUT2D eigenvalue weighted by molar-refractivity contribution is 7.86. The number of amides is 1. The van der Waals surface area contributed by atoms with Gasteiger partial charge in [-0.15, -0.1) is 6.58 Å². The minimum atomic E-state index is -3.56. The second-order valence-electron chi connectivity index (χ2n) is 5.15. The summed E-state index contributed by atoms with van der Waals surface area (Å²) in [6, 6.07) is 9.03. The van der Waals surface area contributed by atoms with E-state index in [-0.39, 0.29) is 19.2 Å². The predicted molar refractivity (Wildman–Crippen MR) is 81.7 cm³/mol. The van der Waals surface area contributed by atoms with Gasteiger partial charge in [0, 0.05) is 6.42 Å². The largest absolute Gasteiger partial charge is 0.445 e. The third-order valence-corrected chi connectivity index (χ3v) is 3.95. The summed E-state index contributed by atoms with van der Waals surface area (Å²) in [5.41, 5.74) is 0.883. The van der Waals surface area contributed by atoms with Crippen molar-refractivity contribution in [3.05, 3.63) is 48.6 Å². The number of hydrogen-bond donors (Lipinski definition) is 0. The molecule has 6 nitrogen and oxygen atoms in total. The van der Waals surface area contributed by atoms with Gasteiger partial charge in [0.2, 0.25) is 0 Å². The maximum Gasteiger partial charge on any atom is 0.410 e.